The molecule has 45 heavy (non-hydrogen) atoms. The van der Waals surface area contributed by atoms with E-state index in [1.54, 1.807) is 20.8 Å². The molecule has 4 aliphatic heterocycles. The molecular formula is C27H48O18. The highest BCUT2D eigenvalue weighted by molar-refractivity contribution is 4.97. The normalized spacial score (nSPS) is 52.9. The molecule has 4 heterocycles. The van der Waals surface area contributed by atoms with Crippen LogP contribution < -0.4 is 0 Å². The largest absolute Gasteiger partial charge is 0.394 e. The topological polar surface area (TPSA) is 287 Å². The number of aliphatic hydroxyl groups excluding tert-OH is 11. The van der Waals surface area contributed by atoms with Crippen LogP contribution in [0.15, 0.2) is 0 Å². The van der Waals surface area contributed by atoms with Gasteiger partial charge in [0.15, 0.2) is 18.9 Å². The smallest absolute Gasteiger partial charge is 0.187 e. The lowest BCUT2D eigenvalue weighted by atomic mass is 9.88. The fraction of sp³-hybridized carbons (Fsp3) is 1.00. The van der Waals surface area contributed by atoms with E-state index in [0.29, 0.717) is 0 Å². The van der Waals surface area contributed by atoms with Crippen molar-refractivity contribution < 1.29 is 89.3 Å². The molecular weight excluding hydrogens is 612 g/mol. The summed E-state index contributed by atoms with van der Waals surface area (Å²) >= 11 is 0. The third-order valence-electron chi connectivity index (χ3n) is 9.26. The van der Waals surface area contributed by atoms with Crippen molar-refractivity contribution in [1.29, 1.82) is 0 Å². The van der Waals surface area contributed by atoms with Crippen LogP contribution in [0.2, 0.25) is 0 Å². The molecule has 0 aliphatic carbocycles. The van der Waals surface area contributed by atoms with E-state index < -0.39 is 137 Å². The molecule has 8 unspecified atom stereocenters. The highest BCUT2D eigenvalue weighted by Gasteiger charge is 2.54. The van der Waals surface area contributed by atoms with Gasteiger partial charge in [-0.15, -0.1) is 0 Å². The second-order valence-electron chi connectivity index (χ2n) is 12.2. The summed E-state index contributed by atoms with van der Waals surface area (Å²) in [6.07, 6.45) is -25.6. The summed E-state index contributed by atoms with van der Waals surface area (Å²) in [7, 11) is 0. The zero-order valence-electron chi connectivity index (χ0n) is 25.2. The Morgan fingerprint density at radius 2 is 0.822 bits per heavy atom. The van der Waals surface area contributed by atoms with Gasteiger partial charge in [-0.1, -0.05) is 13.8 Å². The van der Waals surface area contributed by atoms with E-state index >= 15 is 0 Å². The van der Waals surface area contributed by atoms with Crippen LogP contribution in [0.25, 0.3) is 0 Å². The van der Waals surface area contributed by atoms with Gasteiger partial charge in [-0.25, -0.2) is 0 Å². The number of hydrogen-bond donors (Lipinski definition) is 11. The molecule has 4 aliphatic rings. The van der Waals surface area contributed by atoms with E-state index in [2.05, 4.69) is 0 Å². The molecule has 4 rings (SSSR count). The van der Waals surface area contributed by atoms with Crippen molar-refractivity contribution in [3.63, 3.8) is 0 Å². The Labute approximate surface area is 259 Å². The minimum absolute atomic E-state index is 0.357. The molecule has 264 valence electrons. The van der Waals surface area contributed by atoms with Crippen LogP contribution in [-0.2, 0) is 33.2 Å². The number of aliphatic hydroxyl groups is 11. The lowest BCUT2D eigenvalue weighted by molar-refractivity contribution is -0.382. The zero-order chi connectivity index (χ0) is 33.3. The summed E-state index contributed by atoms with van der Waals surface area (Å²) in [5.74, 6) is -1.23. The second-order valence-corrected chi connectivity index (χ2v) is 12.2. The summed E-state index contributed by atoms with van der Waals surface area (Å²) in [5, 5.41) is 114. The van der Waals surface area contributed by atoms with Crippen molar-refractivity contribution in [3.8, 4) is 0 Å². The van der Waals surface area contributed by atoms with Gasteiger partial charge in [0.2, 0.25) is 0 Å². The van der Waals surface area contributed by atoms with E-state index in [0.717, 1.165) is 0 Å². The summed E-state index contributed by atoms with van der Waals surface area (Å²) < 4.78 is 39.9. The maximum absolute atomic E-state index is 11.3. The second kappa shape index (κ2) is 15.7. The predicted molar refractivity (Wildman–Crippen MR) is 144 cm³/mol. The maximum Gasteiger partial charge on any atom is 0.187 e. The van der Waals surface area contributed by atoms with Crippen molar-refractivity contribution in [2.24, 2.45) is 11.8 Å². The summed E-state index contributed by atoms with van der Waals surface area (Å²) in [6.45, 7) is 2.32. The zero-order valence-corrected chi connectivity index (χ0v) is 25.2. The highest BCUT2D eigenvalue weighted by atomic mass is 16.8. The number of ether oxygens (including phenoxy) is 7. The van der Waals surface area contributed by atoms with Crippen molar-refractivity contribution in [2.75, 3.05) is 26.4 Å². The van der Waals surface area contributed by atoms with E-state index in [9.17, 15) is 56.2 Å². The molecule has 0 spiro atoms. The average Bonchev–Trinajstić information content (AvgIpc) is 3.03. The predicted octanol–water partition coefficient (Wildman–Crippen LogP) is -6.13. The Balaban J connectivity index is 1.48. The van der Waals surface area contributed by atoms with E-state index in [-0.39, 0.29) is 12.0 Å². The van der Waals surface area contributed by atoms with Crippen LogP contribution >= 0.6 is 0 Å². The Hall–Kier alpha value is -0.720. The summed E-state index contributed by atoms with van der Waals surface area (Å²) in [6, 6.07) is 0. The Kier molecular flexibility index (Phi) is 12.9. The third-order valence-corrected chi connectivity index (χ3v) is 9.26. The lowest BCUT2D eigenvalue weighted by Crippen LogP contribution is -2.66. The van der Waals surface area contributed by atoms with Crippen molar-refractivity contribution in [1.82, 2.24) is 0 Å². The van der Waals surface area contributed by atoms with Crippen LogP contribution in [-0.4, -0.2) is 193 Å². The van der Waals surface area contributed by atoms with Gasteiger partial charge in [-0.2, -0.15) is 0 Å². The molecule has 18 heteroatoms. The lowest BCUT2D eigenvalue weighted by Gasteiger charge is -2.49. The molecule has 4 saturated heterocycles. The van der Waals surface area contributed by atoms with Crippen molar-refractivity contribution in [2.45, 2.75) is 131 Å². The van der Waals surface area contributed by atoms with Gasteiger partial charge >= 0.3 is 0 Å². The first-order valence-electron chi connectivity index (χ1n) is 15.1. The van der Waals surface area contributed by atoms with Gasteiger partial charge in [0, 0.05) is 11.8 Å². The summed E-state index contributed by atoms with van der Waals surface area (Å²) in [4.78, 5) is 0. The fourth-order valence-electron chi connectivity index (χ4n) is 6.08. The van der Waals surface area contributed by atoms with Crippen molar-refractivity contribution in [3.05, 3.63) is 0 Å². The molecule has 0 aromatic heterocycles. The van der Waals surface area contributed by atoms with Gasteiger partial charge < -0.3 is 89.3 Å². The first-order chi connectivity index (χ1) is 21.3. The van der Waals surface area contributed by atoms with Crippen LogP contribution in [0, 0.1) is 11.8 Å². The molecule has 20 atom stereocenters. The quantitative estimate of drug-likeness (QED) is 0.104. The van der Waals surface area contributed by atoms with Gasteiger partial charge in [0.25, 0.3) is 0 Å². The number of hydrogen-bond acceptors (Lipinski definition) is 18. The minimum Gasteiger partial charge on any atom is -0.394 e. The third kappa shape index (κ3) is 7.48. The standard InChI is InChI=1S/C27H48O18/c1-8-10(3)39-13(6-30)22(15(8)32)43-25-9(2)16(33)23(14(7-31)42-25)44-27-21(38)24(18(35)12(5-29)41-27)45-26-20(37)19(36)17(34)11(4-28)40-26/h8-38H,4-7H2,1-3H3/t8-,9+,10+,11-,12?,13?,14?,15?,16?,17-,18-,19?,20?,21-,22-,23-,24?,25+,26-,27+/m1/s1. The summed E-state index contributed by atoms with van der Waals surface area (Å²) in [5.41, 5.74) is 0. The molecule has 0 radical (unpaired) electrons. The van der Waals surface area contributed by atoms with E-state index in [1.165, 1.54) is 0 Å². The Morgan fingerprint density at radius 1 is 0.400 bits per heavy atom. The molecule has 0 saturated carbocycles. The minimum atomic E-state index is -1.88. The molecule has 0 bridgehead atoms. The van der Waals surface area contributed by atoms with Gasteiger partial charge in [-0.3, -0.25) is 0 Å². The average molecular weight is 661 g/mol. The molecule has 0 amide bonds. The number of rotatable bonds is 10. The maximum atomic E-state index is 11.3. The first kappa shape index (κ1) is 37.1. The monoisotopic (exact) mass is 660 g/mol. The molecule has 0 aromatic carbocycles. The van der Waals surface area contributed by atoms with Gasteiger partial charge in [0.05, 0.1) is 44.7 Å². The SMILES string of the molecule is C[C@@H]1OC(CO)[C@@H](O[C@@H]2OC(CO)[C@@H](O[C@@H]3OC(CO)[C@@H](O)C(O[C@H]4O[C@H](CO)[C@@H](O)C(O)C4O)[C@H]3O)C(O)[C@@H]2C)C(O)[C@@H]1C. The molecule has 0 aromatic rings. The first-order valence-corrected chi connectivity index (χ1v) is 15.1. The van der Waals surface area contributed by atoms with Gasteiger partial charge in [0.1, 0.15) is 73.2 Å². The van der Waals surface area contributed by atoms with Gasteiger partial charge in [-0.05, 0) is 6.92 Å². The molecule has 11 N–H and O–H groups in total. The Morgan fingerprint density at radius 3 is 1.38 bits per heavy atom. The molecule has 18 nitrogen and oxygen atoms in total. The Bertz CT molecular complexity index is 911. The van der Waals surface area contributed by atoms with Crippen LogP contribution in [0.5, 0.6) is 0 Å². The van der Waals surface area contributed by atoms with Crippen LogP contribution in [0.3, 0.4) is 0 Å². The fourth-order valence-corrected chi connectivity index (χ4v) is 6.08. The molecule has 4 fully saturated rings. The van der Waals surface area contributed by atoms with E-state index in [1.807, 2.05) is 0 Å². The van der Waals surface area contributed by atoms with Crippen molar-refractivity contribution >= 4 is 0 Å². The highest BCUT2D eigenvalue weighted by Crippen LogP contribution is 2.36. The van der Waals surface area contributed by atoms with Crippen LogP contribution in [0.1, 0.15) is 20.8 Å². The van der Waals surface area contributed by atoms with Crippen LogP contribution in [0.4, 0.5) is 0 Å². The van der Waals surface area contributed by atoms with E-state index in [4.69, 9.17) is 33.2 Å².